The number of methoxy groups -OCH3 is 1. The van der Waals surface area contributed by atoms with E-state index in [0.717, 1.165) is 22.3 Å². The Morgan fingerprint density at radius 1 is 1.00 bits per heavy atom. The van der Waals surface area contributed by atoms with Crippen molar-refractivity contribution < 1.29 is 14.6 Å². The van der Waals surface area contributed by atoms with Gasteiger partial charge in [-0.2, -0.15) is 0 Å². The number of phenolic OH excluding ortho intramolecular Hbond substituents is 1. The molecule has 5 rings (SSSR count). The first-order chi connectivity index (χ1) is 17.4. The Morgan fingerprint density at radius 2 is 1.86 bits per heavy atom. The first kappa shape index (κ1) is 22.9. The topological polar surface area (TPSA) is 103 Å². The molecule has 36 heavy (non-hydrogen) atoms. The van der Waals surface area contributed by atoms with E-state index in [-0.39, 0.29) is 11.7 Å². The number of aromatic nitrogens is 3. The lowest BCUT2D eigenvalue weighted by molar-refractivity contribution is 0.102. The average molecular weight is 480 g/mol. The van der Waals surface area contributed by atoms with Crippen molar-refractivity contribution in [3.8, 4) is 34.1 Å². The lowest BCUT2D eigenvalue weighted by Crippen LogP contribution is -2.13. The molecule has 0 fully saturated rings. The monoisotopic (exact) mass is 479 g/mol. The van der Waals surface area contributed by atoms with E-state index in [4.69, 9.17) is 4.74 Å². The molecular weight excluding hydrogens is 454 g/mol. The number of benzene rings is 3. The predicted octanol–water partition coefficient (Wildman–Crippen LogP) is 5.32. The number of fused-ring (bicyclic) bond motifs is 1. The molecule has 0 spiro atoms. The summed E-state index contributed by atoms with van der Waals surface area (Å²) < 4.78 is 5.38. The summed E-state index contributed by atoms with van der Waals surface area (Å²) >= 11 is 0. The maximum atomic E-state index is 12.9. The minimum atomic E-state index is -0.231. The lowest BCUT2D eigenvalue weighted by atomic mass is 10.0. The quantitative estimate of drug-likeness (QED) is 0.304. The summed E-state index contributed by atoms with van der Waals surface area (Å²) in [4.78, 5) is 27.0. The molecule has 0 aliphatic heterocycles. The number of carbonyl (C=O) groups excluding carboxylic acids is 1. The number of pyridine rings is 1. The van der Waals surface area contributed by atoms with Crippen LogP contribution >= 0.6 is 0 Å². The first-order valence-electron chi connectivity index (χ1n) is 11.3. The second-order valence-corrected chi connectivity index (χ2v) is 8.51. The fourth-order valence-electron chi connectivity index (χ4n) is 4.01. The van der Waals surface area contributed by atoms with Gasteiger partial charge >= 0.3 is 0 Å². The zero-order valence-corrected chi connectivity index (χ0v) is 20.1. The number of carbonyl (C=O) groups is 1. The van der Waals surface area contributed by atoms with Crippen LogP contribution in [0.2, 0.25) is 0 Å². The minimum absolute atomic E-state index is 0.0828. The molecule has 0 radical (unpaired) electrons. The molecule has 8 nitrogen and oxygen atoms in total. The number of phenols is 1. The number of aromatic amines is 1. The Hall–Kier alpha value is -4.85. The number of nitrogens with zero attached hydrogens (tertiary/aromatic N) is 3. The van der Waals surface area contributed by atoms with Crippen LogP contribution in [0.1, 0.15) is 10.4 Å². The fraction of sp³-hybridized carbons (Fsp3) is 0.107. The van der Waals surface area contributed by atoms with E-state index in [1.807, 2.05) is 67.5 Å². The van der Waals surface area contributed by atoms with Crippen molar-refractivity contribution in [2.45, 2.75) is 0 Å². The van der Waals surface area contributed by atoms with Crippen LogP contribution in [0.4, 0.5) is 11.4 Å². The van der Waals surface area contributed by atoms with E-state index >= 15 is 0 Å². The molecule has 0 bridgehead atoms. The van der Waals surface area contributed by atoms with Gasteiger partial charge < -0.3 is 25.0 Å². The van der Waals surface area contributed by atoms with Crippen molar-refractivity contribution >= 4 is 28.3 Å². The van der Waals surface area contributed by atoms with Gasteiger partial charge in [-0.15, -0.1) is 0 Å². The van der Waals surface area contributed by atoms with Gasteiger partial charge in [0.15, 0.2) is 0 Å². The van der Waals surface area contributed by atoms with Crippen molar-refractivity contribution in [2.75, 3.05) is 31.4 Å². The van der Waals surface area contributed by atoms with Crippen molar-refractivity contribution in [3.05, 3.63) is 84.6 Å². The summed E-state index contributed by atoms with van der Waals surface area (Å²) in [5, 5.41) is 13.5. The fourth-order valence-corrected chi connectivity index (χ4v) is 4.01. The van der Waals surface area contributed by atoms with Crippen LogP contribution in [0.25, 0.3) is 33.5 Å². The van der Waals surface area contributed by atoms with Gasteiger partial charge in [0, 0.05) is 42.8 Å². The Labute approximate surface area is 208 Å². The molecule has 0 aliphatic rings. The van der Waals surface area contributed by atoms with Crippen LogP contribution in [0.15, 0.2) is 79.0 Å². The number of aromatic hydroxyl groups is 1. The second-order valence-electron chi connectivity index (χ2n) is 8.51. The minimum Gasteiger partial charge on any atom is -0.507 e. The average Bonchev–Trinajstić information content (AvgIpc) is 3.32. The number of amides is 1. The summed E-state index contributed by atoms with van der Waals surface area (Å²) in [6.07, 6.45) is 1.66. The number of nitrogens with one attached hydrogen (secondary N) is 2. The first-order valence-corrected chi connectivity index (χ1v) is 11.3. The highest BCUT2D eigenvalue weighted by Gasteiger charge is 2.15. The highest BCUT2D eigenvalue weighted by atomic mass is 16.5. The predicted molar refractivity (Wildman–Crippen MR) is 142 cm³/mol. The second kappa shape index (κ2) is 9.42. The third kappa shape index (κ3) is 4.44. The van der Waals surface area contributed by atoms with E-state index in [1.54, 1.807) is 37.6 Å². The molecule has 3 N–H and O–H groups in total. The van der Waals surface area contributed by atoms with E-state index in [2.05, 4.69) is 20.3 Å². The molecule has 0 unspecified atom stereocenters. The van der Waals surface area contributed by atoms with Crippen molar-refractivity contribution in [2.24, 2.45) is 0 Å². The Bertz CT molecular complexity index is 1580. The summed E-state index contributed by atoms with van der Waals surface area (Å²) in [7, 11) is 5.47. The molecule has 0 aliphatic carbocycles. The van der Waals surface area contributed by atoms with Gasteiger partial charge in [0.25, 0.3) is 5.91 Å². The molecule has 8 heteroatoms. The Morgan fingerprint density at radius 3 is 2.67 bits per heavy atom. The number of hydrogen-bond donors (Lipinski definition) is 3. The van der Waals surface area contributed by atoms with Crippen molar-refractivity contribution in [1.82, 2.24) is 15.0 Å². The molecule has 5 aromatic rings. The maximum Gasteiger partial charge on any atom is 0.255 e. The zero-order chi connectivity index (χ0) is 25.2. The molecule has 2 heterocycles. The normalized spacial score (nSPS) is 10.9. The van der Waals surface area contributed by atoms with Crippen molar-refractivity contribution in [3.63, 3.8) is 0 Å². The Kier molecular flexibility index (Phi) is 6.00. The number of rotatable bonds is 6. The van der Waals surface area contributed by atoms with E-state index in [9.17, 15) is 9.90 Å². The maximum absolute atomic E-state index is 12.9. The zero-order valence-electron chi connectivity index (χ0n) is 20.1. The van der Waals surface area contributed by atoms with Gasteiger partial charge in [0.2, 0.25) is 5.88 Å². The molecule has 1 amide bonds. The summed E-state index contributed by atoms with van der Waals surface area (Å²) in [6, 6.07) is 21.9. The number of imidazole rings is 1. The van der Waals surface area contributed by atoms with Gasteiger partial charge in [0.05, 0.1) is 23.7 Å². The lowest BCUT2D eigenvalue weighted by Gasteiger charge is -2.14. The molecule has 2 aromatic heterocycles. The molecule has 180 valence electrons. The van der Waals surface area contributed by atoms with E-state index < -0.39 is 0 Å². The molecule has 0 saturated heterocycles. The smallest absolute Gasteiger partial charge is 0.255 e. The van der Waals surface area contributed by atoms with Crippen molar-refractivity contribution in [1.29, 1.82) is 0 Å². The Balaban J connectivity index is 1.46. The van der Waals surface area contributed by atoms with Gasteiger partial charge in [-0.25, -0.2) is 9.97 Å². The standard InChI is InChI=1S/C28H25N5O3/c1-33(2)20-7-4-6-19(16-20)30-27(35)18-9-11-23-24(15-18)32-26(31-23)22-14-17(10-12-25(22)34)21-8-5-13-29-28(21)36-3/h4-16,34H,1-3H3,(H,30,35)(H,31,32). The summed E-state index contributed by atoms with van der Waals surface area (Å²) in [5.74, 6) is 0.833. The molecule has 0 saturated carbocycles. The largest absolute Gasteiger partial charge is 0.507 e. The van der Waals surface area contributed by atoms with Crippen LogP contribution in [-0.2, 0) is 0 Å². The third-order valence-electron chi connectivity index (χ3n) is 5.89. The SMILES string of the molecule is COc1ncccc1-c1ccc(O)c(-c2nc3cc(C(=O)Nc4cccc(N(C)C)c4)ccc3[nH]2)c1. The number of ether oxygens (including phenoxy) is 1. The number of H-pyrrole nitrogens is 1. The van der Waals surface area contributed by atoms with Gasteiger partial charge in [0.1, 0.15) is 11.6 Å². The van der Waals surface area contributed by atoms with Crippen LogP contribution in [0.5, 0.6) is 11.6 Å². The number of hydrogen-bond acceptors (Lipinski definition) is 6. The highest BCUT2D eigenvalue weighted by Crippen LogP contribution is 2.35. The molecular formula is C28H25N5O3. The third-order valence-corrected chi connectivity index (χ3v) is 5.89. The van der Waals surface area contributed by atoms with E-state index in [1.165, 1.54) is 0 Å². The summed E-state index contributed by atoms with van der Waals surface area (Å²) in [6.45, 7) is 0. The summed E-state index contributed by atoms with van der Waals surface area (Å²) in [5.41, 5.74) is 5.70. The molecule has 3 aromatic carbocycles. The van der Waals surface area contributed by atoms with Gasteiger partial charge in [-0.3, -0.25) is 4.79 Å². The highest BCUT2D eigenvalue weighted by molar-refractivity contribution is 6.06. The number of anilines is 2. The van der Waals surface area contributed by atoms with Crippen LogP contribution in [-0.4, -0.2) is 47.2 Å². The van der Waals surface area contributed by atoms with Crippen LogP contribution < -0.4 is 15.0 Å². The van der Waals surface area contributed by atoms with E-state index in [0.29, 0.717) is 34.0 Å². The van der Waals surface area contributed by atoms with Gasteiger partial charge in [-0.05, 0) is 66.2 Å². The molecule has 0 atom stereocenters. The van der Waals surface area contributed by atoms with Gasteiger partial charge in [-0.1, -0.05) is 12.1 Å². The van der Waals surface area contributed by atoms with Crippen LogP contribution in [0, 0.1) is 0 Å². The van der Waals surface area contributed by atoms with Crippen LogP contribution in [0.3, 0.4) is 0 Å².